The van der Waals surface area contributed by atoms with Gasteiger partial charge in [-0.2, -0.15) is 0 Å². The van der Waals surface area contributed by atoms with Gasteiger partial charge >= 0.3 is 0 Å². The van der Waals surface area contributed by atoms with Crippen LogP contribution >= 0.6 is 11.6 Å². The first kappa shape index (κ1) is 12.2. The number of halogens is 1. The van der Waals surface area contributed by atoms with Crippen molar-refractivity contribution in [3.63, 3.8) is 0 Å². The molecule has 0 aliphatic heterocycles. The number of hydrogen-bond acceptors (Lipinski definition) is 2. The van der Waals surface area contributed by atoms with Crippen molar-refractivity contribution in [1.29, 1.82) is 0 Å². The Morgan fingerprint density at radius 1 is 1.21 bits per heavy atom. The van der Waals surface area contributed by atoms with Crippen LogP contribution in [0.15, 0.2) is 42.7 Å². The molecule has 0 N–H and O–H groups in total. The molecular weight excluding hydrogens is 258 g/mol. The number of alkyl halides is 1. The molecule has 1 aromatic carbocycles. The van der Waals surface area contributed by atoms with Crippen molar-refractivity contribution in [2.75, 3.05) is 0 Å². The summed E-state index contributed by atoms with van der Waals surface area (Å²) in [6, 6.07) is 10.2. The zero-order valence-corrected chi connectivity index (χ0v) is 11.4. The first-order valence-electron chi connectivity index (χ1n) is 6.19. The largest absolute Gasteiger partial charge is 0.322 e. The third-order valence-corrected chi connectivity index (χ3v) is 3.47. The number of aryl methyl sites for hydroxylation is 1. The van der Waals surface area contributed by atoms with E-state index in [1.165, 1.54) is 5.56 Å². The van der Waals surface area contributed by atoms with Crippen LogP contribution in [0.4, 0.5) is 0 Å². The van der Waals surface area contributed by atoms with Crippen molar-refractivity contribution in [2.45, 2.75) is 19.3 Å². The molecule has 0 radical (unpaired) electrons. The summed E-state index contributed by atoms with van der Waals surface area (Å²) < 4.78 is 2.18. The smallest absolute Gasteiger partial charge is 0.125 e. The van der Waals surface area contributed by atoms with Crippen LogP contribution in [0.25, 0.3) is 11.0 Å². The van der Waals surface area contributed by atoms with Gasteiger partial charge in [-0.3, -0.25) is 4.98 Å². The Kier molecular flexibility index (Phi) is 3.22. The number of imidazole rings is 1. The quantitative estimate of drug-likeness (QED) is 0.683. The van der Waals surface area contributed by atoms with Gasteiger partial charge in [0.05, 0.1) is 23.5 Å². The fraction of sp³-hybridized carbons (Fsp3) is 0.200. The van der Waals surface area contributed by atoms with E-state index in [2.05, 4.69) is 33.6 Å². The molecule has 0 aliphatic carbocycles. The normalized spacial score (nSPS) is 11.1. The maximum atomic E-state index is 6.02. The van der Waals surface area contributed by atoms with Gasteiger partial charge in [-0.15, -0.1) is 11.6 Å². The minimum absolute atomic E-state index is 0.411. The number of hydrogen-bond donors (Lipinski definition) is 0. The molecule has 0 aliphatic rings. The first-order valence-corrected chi connectivity index (χ1v) is 6.72. The van der Waals surface area contributed by atoms with Gasteiger partial charge in [0.2, 0.25) is 0 Å². The van der Waals surface area contributed by atoms with Crippen molar-refractivity contribution in [2.24, 2.45) is 0 Å². The van der Waals surface area contributed by atoms with E-state index in [4.69, 9.17) is 11.6 Å². The Bertz CT molecular complexity index is 704. The lowest BCUT2D eigenvalue weighted by atomic mass is 10.2. The predicted octanol–water partition coefficient (Wildman–Crippen LogP) is 3.53. The molecular formula is C15H14ClN3. The van der Waals surface area contributed by atoms with Crippen LogP contribution < -0.4 is 0 Å². The number of nitrogens with zero attached hydrogens (tertiary/aromatic N) is 3. The summed E-state index contributed by atoms with van der Waals surface area (Å²) in [5.41, 5.74) is 4.52. The van der Waals surface area contributed by atoms with Crippen molar-refractivity contribution >= 4 is 22.6 Å². The summed E-state index contributed by atoms with van der Waals surface area (Å²) in [7, 11) is 0. The van der Waals surface area contributed by atoms with Gasteiger partial charge in [0.25, 0.3) is 0 Å². The standard InChI is InChI=1S/C15H14ClN3/c1-11-4-2-6-13-15(11)19(14(8-16)18-13)10-12-5-3-7-17-9-12/h2-7,9H,8,10H2,1H3. The number of pyridine rings is 1. The molecule has 2 aromatic heterocycles. The highest BCUT2D eigenvalue weighted by atomic mass is 35.5. The summed E-state index contributed by atoms with van der Waals surface area (Å²) in [6.45, 7) is 2.85. The second-order valence-electron chi connectivity index (χ2n) is 4.55. The molecule has 0 spiro atoms. The highest BCUT2D eigenvalue weighted by Crippen LogP contribution is 2.22. The highest BCUT2D eigenvalue weighted by Gasteiger charge is 2.11. The molecule has 0 atom stereocenters. The molecule has 0 amide bonds. The summed E-state index contributed by atoms with van der Waals surface area (Å²) in [4.78, 5) is 8.76. The van der Waals surface area contributed by atoms with Gasteiger partial charge in [0, 0.05) is 12.4 Å². The van der Waals surface area contributed by atoms with Crippen molar-refractivity contribution in [1.82, 2.24) is 14.5 Å². The lowest BCUT2D eigenvalue weighted by molar-refractivity contribution is 0.773. The van der Waals surface area contributed by atoms with E-state index in [1.807, 2.05) is 24.4 Å². The minimum atomic E-state index is 0.411. The lowest BCUT2D eigenvalue weighted by Gasteiger charge is -2.09. The fourth-order valence-corrected chi connectivity index (χ4v) is 2.56. The minimum Gasteiger partial charge on any atom is -0.322 e. The molecule has 0 unspecified atom stereocenters. The SMILES string of the molecule is Cc1cccc2nc(CCl)n(Cc3cccnc3)c12. The van der Waals surface area contributed by atoms with Crippen LogP contribution in [0.2, 0.25) is 0 Å². The van der Waals surface area contributed by atoms with E-state index in [0.717, 1.165) is 29.0 Å². The van der Waals surface area contributed by atoms with Crippen LogP contribution in [0.3, 0.4) is 0 Å². The maximum Gasteiger partial charge on any atom is 0.125 e. The third-order valence-electron chi connectivity index (χ3n) is 3.23. The summed E-state index contributed by atoms with van der Waals surface area (Å²) >= 11 is 6.02. The molecule has 3 rings (SSSR count). The van der Waals surface area contributed by atoms with Crippen LogP contribution in [0.1, 0.15) is 17.0 Å². The molecule has 0 saturated carbocycles. The van der Waals surface area contributed by atoms with E-state index in [0.29, 0.717) is 5.88 Å². The second-order valence-corrected chi connectivity index (χ2v) is 4.82. The van der Waals surface area contributed by atoms with E-state index < -0.39 is 0 Å². The van der Waals surface area contributed by atoms with E-state index >= 15 is 0 Å². The Morgan fingerprint density at radius 2 is 2.11 bits per heavy atom. The zero-order chi connectivity index (χ0) is 13.2. The molecule has 4 heteroatoms. The highest BCUT2D eigenvalue weighted by molar-refractivity contribution is 6.16. The zero-order valence-electron chi connectivity index (χ0n) is 10.7. The number of para-hydroxylation sites is 1. The van der Waals surface area contributed by atoms with E-state index in [-0.39, 0.29) is 0 Å². The maximum absolute atomic E-state index is 6.02. The molecule has 3 nitrogen and oxygen atoms in total. The molecule has 0 bridgehead atoms. The number of benzene rings is 1. The first-order chi connectivity index (χ1) is 9.29. The summed E-state index contributed by atoms with van der Waals surface area (Å²) in [5, 5.41) is 0. The van der Waals surface area contributed by atoms with Crippen molar-refractivity contribution in [3.05, 3.63) is 59.7 Å². The fourth-order valence-electron chi connectivity index (χ4n) is 2.36. The van der Waals surface area contributed by atoms with Gasteiger partial charge in [0.15, 0.2) is 0 Å². The van der Waals surface area contributed by atoms with E-state index in [1.54, 1.807) is 6.20 Å². The summed E-state index contributed by atoms with van der Waals surface area (Å²) in [5.74, 6) is 1.31. The number of aromatic nitrogens is 3. The number of rotatable bonds is 3. The Hall–Kier alpha value is -1.87. The molecule has 19 heavy (non-hydrogen) atoms. The molecule has 0 saturated heterocycles. The van der Waals surface area contributed by atoms with Crippen molar-refractivity contribution in [3.8, 4) is 0 Å². The van der Waals surface area contributed by atoms with Gasteiger partial charge in [0.1, 0.15) is 5.82 Å². The second kappa shape index (κ2) is 5.02. The Balaban J connectivity index is 2.16. The Morgan fingerprint density at radius 3 is 2.84 bits per heavy atom. The predicted molar refractivity (Wildman–Crippen MR) is 77.4 cm³/mol. The monoisotopic (exact) mass is 271 g/mol. The number of fused-ring (bicyclic) bond motifs is 1. The third kappa shape index (κ3) is 2.22. The van der Waals surface area contributed by atoms with Crippen molar-refractivity contribution < 1.29 is 0 Å². The Labute approximate surface area is 116 Å². The average molecular weight is 272 g/mol. The molecule has 0 fully saturated rings. The van der Waals surface area contributed by atoms with Crippen LogP contribution in [0, 0.1) is 6.92 Å². The van der Waals surface area contributed by atoms with Crippen LogP contribution in [-0.2, 0) is 12.4 Å². The van der Waals surface area contributed by atoms with Gasteiger partial charge < -0.3 is 4.57 Å². The van der Waals surface area contributed by atoms with Gasteiger partial charge in [-0.1, -0.05) is 18.2 Å². The van der Waals surface area contributed by atoms with E-state index in [9.17, 15) is 0 Å². The molecule has 3 aromatic rings. The molecule has 2 heterocycles. The van der Waals surface area contributed by atoms with Crippen LogP contribution in [0.5, 0.6) is 0 Å². The van der Waals surface area contributed by atoms with Gasteiger partial charge in [-0.05, 0) is 30.2 Å². The van der Waals surface area contributed by atoms with Crippen LogP contribution in [-0.4, -0.2) is 14.5 Å². The molecule has 96 valence electrons. The summed E-state index contributed by atoms with van der Waals surface area (Å²) in [6.07, 6.45) is 3.66. The van der Waals surface area contributed by atoms with Gasteiger partial charge in [-0.25, -0.2) is 4.98 Å². The lowest BCUT2D eigenvalue weighted by Crippen LogP contribution is -2.04. The topological polar surface area (TPSA) is 30.7 Å². The average Bonchev–Trinajstić information content (AvgIpc) is 2.79.